The Balaban J connectivity index is 1.68. The second-order valence-electron chi connectivity index (χ2n) is 6.65. The average molecular weight is 317 g/mol. The van der Waals surface area contributed by atoms with Gasteiger partial charge in [0.2, 0.25) is 12.0 Å². The molecule has 2 heterocycles. The number of esters is 2. The molecule has 1 aromatic carbocycles. The normalized spacial score (nSPS) is 26.3. The highest BCUT2D eigenvalue weighted by atomic mass is 16.6. The maximum Gasteiger partial charge on any atom is 0.348 e. The third kappa shape index (κ3) is 2.93. The van der Waals surface area contributed by atoms with Crippen LogP contribution in [0.4, 0.5) is 5.69 Å². The molecule has 0 radical (unpaired) electrons. The van der Waals surface area contributed by atoms with Crippen molar-refractivity contribution in [1.29, 1.82) is 0 Å². The van der Waals surface area contributed by atoms with E-state index in [-0.39, 0.29) is 25.5 Å². The van der Waals surface area contributed by atoms with Crippen LogP contribution in [0.15, 0.2) is 30.3 Å². The van der Waals surface area contributed by atoms with Crippen LogP contribution >= 0.6 is 0 Å². The predicted octanol–water partition coefficient (Wildman–Crippen LogP) is 1.53. The largest absolute Gasteiger partial charge is 0.462 e. The lowest BCUT2D eigenvalue weighted by atomic mass is 9.89. The van der Waals surface area contributed by atoms with E-state index in [9.17, 15) is 14.4 Å². The molecule has 0 aliphatic carbocycles. The van der Waals surface area contributed by atoms with Crippen molar-refractivity contribution in [3.8, 4) is 0 Å². The van der Waals surface area contributed by atoms with Gasteiger partial charge in [-0.1, -0.05) is 32.0 Å². The van der Waals surface area contributed by atoms with E-state index < -0.39 is 29.4 Å². The zero-order valence-corrected chi connectivity index (χ0v) is 13.2. The Morgan fingerprint density at radius 1 is 1.26 bits per heavy atom. The minimum absolute atomic E-state index is 0.0932. The highest BCUT2D eigenvalue weighted by Gasteiger charge is 2.48. The molecule has 1 unspecified atom stereocenters. The molecule has 2 saturated heterocycles. The van der Waals surface area contributed by atoms with Crippen LogP contribution in [0.2, 0.25) is 0 Å². The molecule has 122 valence electrons. The molecule has 2 fully saturated rings. The molecule has 6 heteroatoms. The molecule has 0 spiro atoms. The SMILES string of the molecule is CC1(C)COC(=O)[C@@H]1OC(=O)C1CC(=O)N(c2ccccc2)C1. The van der Waals surface area contributed by atoms with Gasteiger partial charge in [0.1, 0.15) is 6.61 Å². The van der Waals surface area contributed by atoms with Crippen LogP contribution < -0.4 is 4.90 Å². The summed E-state index contributed by atoms with van der Waals surface area (Å²) in [5, 5.41) is 0. The van der Waals surface area contributed by atoms with Crippen molar-refractivity contribution in [3.63, 3.8) is 0 Å². The third-order valence-electron chi connectivity index (χ3n) is 4.27. The molecule has 2 atom stereocenters. The Hall–Kier alpha value is -2.37. The van der Waals surface area contributed by atoms with Crippen molar-refractivity contribution in [2.24, 2.45) is 11.3 Å². The Labute approximate surface area is 134 Å². The average Bonchev–Trinajstić information content (AvgIpc) is 3.03. The van der Waals surface area contributed by atoms with Crippen LogP contribution in [0.3, 0.4) is 0 Å². The molecule has 3 rings (SSSR count). The molecule has 0 bridgehead atoms. The number of ether oxygens (including phenoxy) is 2. The molecule has 2 aliphatic heterocycles. The van der Waals surface area contributed by atoms with Crippen molar-refractivity contribution in [2.45, 2.75) is 26.4 Å². The van der Waals surface area contributed by atoms with Crippen LogP contribution in [0, 0.1) is 11.3 Å². The summed E-state index contributed by atoms with van der Waals surface area (Å²) in [5.74, 6) is -1.72. The summed E-state index contributed by atoms with van der Waals surface area (Å²) < 4.78 is 10.3. The second kappa shape index (κ2) is 5.68. The quantitative estimate of drug-likeness (QED) is 0.791. The molecule has 23 heavy (non-hydrogen) atoms. The minimum atomic E-state index is -0.907. The van der Waals surface area contributed by atoms with Gasteiger partial charge in [-0.2, -0.15) is 0 Å². The molecule has 6 nitrogen and oxygen atoms in total. The first-order chi connectivity index (χ1) is 10.9. The second-order valence-corrected chi connectivity index (χ2v) is 6.65. The van der Waals surface area contributed by atoms with E-state index >= 15 is 0 Å². The van der Waals surface area contributed by atoms with E-state index in [4.69, 9.17) is 9.47 Å². The maximum absolute atomic E-state index is 12.3. The third-order valence-corrected chi connectivity index (χ3v) is 4.27. The van der Waals surface area contributed by atoms with Crippen LogP contribution in [-0.4, -0.2) is 37.1 Å². The van der Waals surface area contributed by atoms with Gasteiger partial charge >= 0.3 is 11.9 Å². The van der Waals surface area contributed by atoms with E-state index in [1.165, 1.54) is 0 Å². The lowest BCUT2D eigenvalue weighted by Crippen LogP contribution is -2.37. The summed E-state index contributed by atoms with van der Waals surface area (Å²) in [6.07, 6.45) is -0.813. The summed E-state index contributed by atoms with van der Waals surface area (Å²) in [6, 6.07) is 9.19. The number of carbonyl (C=O) groups is 3. The number of cyclic esters (lactones) is 1. The summed E-state index contributed by atoms with van der Waals surface area (Å²) >= 11 is 0. The number of hydrogen-bond donors (Lipinski definition) is 0. The number of anilines is 1. The summed E-state index contributed by atoms with van der Waals surface area (Å²) in [4.78, 5) is 37.8. The van der Waals surface area contributed by atoms with Crippen molar-refractivity contribution in [2.75, 3.05) is 18.1 Å². The Morgan fingerprint density at radius 2 is 1.96 bits per heavy atom. The highest BCUT2D eigenvalue weighted by Crippen LogP contribution is 2.33. The van der Waals surface area contributed by atoms with Gasteiger partial charge in [0, 0.05) is 24.1 Å². The van der Waals surface area contributed by atoms with Gasteiger partial charge in [-0.05, 0) is 12.1 Å². The molecule has 0 aromatic heterocycles. The number of rotatable bonds is 3. The number of hydrogen-bond acceptors (Lipinski definition) is 5. The van der Waals surface area contributed by atoms with Crippen molar-refractivity contribution in [3.05, 3.63) is 30.3 Å². The predicted molar refractivity (Wildman–Crippen MR) is 81.5 cm³/mol. The van der Waals surface area contributed by atoms with Crippen LogP contribution in [-0.2, 0) is 23.9 Å². The zero-order valence-electron chi connectivity index (χ0n) is 13.2. The monoisotopic (exact) mass is 317 g/mol. The number of nitrogens with zero attached hydrogens (tertiary/aromatic N) is 1. The van der Waals surface area contributed by atoms with Crippen molar-refractivity contribution >= 4 is 23.5 Å². The molecule has 2 aliphatic rings. The number of benzene rings is 1. The zero-order chi connectivity index (χ0) is 16.6. The first-order valence-electron chi connectivity index (χ1n) is 7.61. The van der Waals surface area contributed by atoms with Gasteiger partial charge in [0.15, 0.2) is 0 Å². The van der Waals surface area contributed by atoms with Gasteiger partial charge in [0.25, 0.3) is 0 Å². The van der Waals surface area contributed by atoms with Gasteiger partial charge in [-0.15, -0.1) is 0 Å². The first-order valence-corrected chi connectivity index (χ1v) is 7.61. The fourth-order valence-electron chi connectivity index (χ4n) is 2.87. The minimum Gasteiger partial charge on any atom is -0.462 e. The Morgan fingerprint density at radius 3 is 2.57 bits per heavy atom. The van der Waals surface area contributed by atoms with Crippen LogP contribution in [0.5, 0.6) is 0 Å². The lowest BCUT2D eigenvalue weighted by Gasteiger charge is -2.23. The fourth-order valence-corrected chi connectivity index (χ4v) is 2.87. The fraction of sp³-hybridized carbons (Fsp3) is 0.471. The number of amides is 1. The molecular weight excluding hydrogens is 298 g/mol. The maximum atomic E-state index is 12.3. The standard InChI is InChI=1S/C17H19NO5/c1-17(2)10-22-16(21)14(17)23-15(20)11-8-13(19)18(9-11)12-6-4-3-5-7-12/h3-7,11,14H,8-10H2,1-2H3/t11?,14-/m0/s1. The summed E-state index contributed by atoms with van der Waals surface area (Å²) in [6.45, 7) is 4.12. The first kappa shape index (κ1) is 15.5. The van der Waals surface area contributed by atoms with Gasteiger partial charge in [0.05, 0.1) is 5.92 Å². The smallest absolute Gasteiger partial charge is 0.348 e. The van der Waals surface area contributed by atoms with E-state index in [1.54, 1.807) is 4.90 Å². The molecule has 0 N–H and O–H groups in total. The van der Waals surface area contributed by atoms with E-state index in [1.807, 2.05) is 44.2 Å². The van der Waals surface area contributed by atoms with Gasteiger partial charge in [-0.25, -0.2) is 4.79 Å². The topological polar surface area (TPSA) is 72.9 Å². The summed E-state index contributed by atoms with van der Waals surface area (Å²) in [7, 11) is 0. The number of carbonyl (C=O) groups excluding carboxylic acids is 3. The Bertz CT molecular complexity index is 640. The molecule has 1 aromatic rings. The van der Waals surface area contributed by atoms with Gasteiger partial charge < -0.3 is 14.4 Å². The molecular formula is C17H19NO5. The van der Waals surface area contributed by atoms with E-state index in [0.717, 1.165) is 5.69 Å². The molecule has 1 amide bonds. The van der Waals surface area contributed by atoms with Crippen LogP contribution in [0.25, 0.3) is 0 Å². The number of para-hydroxylation sites is 1. The van der Waals surface area contributed by atoms with Gasteiger partial charge in [-0.3, -0.25) is 9.59 Å². The van der Waals surface area contributed by atoms with E-state index in [0.29, 0.717) is 0 Å². The van der Waals surface area contributed by atoms with E-state index in [2.05, 4.69) is 0 Å². The Kier molecular flexibility index (Phi) is 3.83. The lowest BCUT2D eigenvalue weighted by molar-refractivity contribution is -0.166. The summed E-state index contributed by atoms with van der Waals surface area (Å²) in [5.41, 5.74) is 0.211. The highest BCUT2D eigenvalue weighted by molar-refractivity contribution is 5.99. The van der Waals surface area contributed by atoms with Crippen molar-refractivity contribution in [1.82, 2.24) is 0 Å². The van der Waals surface area contributed by atoms with Crippen molar-refractivity contribution < 1.29 is 23.9 Å². The van der Waals surface area contributed by atoms with Crippen LogP contribution in [0.1, 0.15) is 20.3 Å². The molecule has 0 saturated carbocycles.